The lowest BCUT2D eigenvalue weighted by molar-refractivity contribution is 0.0600. The molecule has 0 radical (unpaired) electrons. The molecule has 92 valence electrons. The average molecular weight is 244 g/mol. The van der Waals surface area contributed by atoms with Gasteiger partial charge in [-0.05, 0) is 17.7 Å². The van der Waals surface area contributed by atoms with Crippen molar-refractivity contribution in [1.29, 1.82) is 0 Å². The number of hydrogen-bond donors (Lipinski definition) is 0. The van der Waals surface area contributed by atoms with Crippen LogP contribution in [0, 0.1) is 0 Å². The van der Waals surface area contributed by atoms with Gasteiger partial charge in [0, 0.05) is 6.20 Å². The van der Waals surface area contributed by atoms with E-state index in [1.54, 1.807) is 29.1 Å². The molecule has 2 aromatic rings. The van der Waals surface area contributed by atoms with E-state index in [0.717, 1.165) is 11.8 Å². The zero-order chi connectivity index (χ0) is 13.0. The molecule has 2 rings (SSSR count). The molecule has 1 aromatic carbocycles. The molecule has 0 aliphatic heterocycles. The molecule has 1 aromatic heterocycles. The Morgan fingerprint density at radius 1 is 1.50 bits per heavy atom. The largest absolute Gasteiger partial charge is 0.465 e. The van der Waals surface area contributed by atoms with E-state index < -0.39 is 0 Å². The fourth-order valence-corrected chi connectivity index (χ4v) is 1.63. The summed E-state index contributed by atoms with van der Waals surface area (Å²) in [6, 6.07) is 7.10. The van der Waals surface area contributed by atoms with Crippen LogP contribution < -0.4 is 0 Å². The summed E-state index contributed by atoms with van der Waals surface area (Å²) in [4.78, 5) is 21.9. The van der Waals surface area contributed by atoms with Crippen LogP contribution >= 0.6 is 0 Å². The summed E-state index contributed by atoms with van der Waals surface area (Å²) in [6.07, 6.45) is 3.89. The topological polar surface area (TPSA) is 61.2 Å². The first-order valence-corrected chi connectivity index (χ1v) is 5.38. The van der Waals surface area contributed by atoms with Crippen LogP contribution in [-0.4, -0.2) is 29.1 Å². The predicted molar refractivity (Wildman–Crippen MR) is 64.5 cm³/mol. The number of aromatic nitrogens is 2. The summed E-state index contributed by atoms with van der Waals surface area (Å²) in [6.45, 7) is 0.499. The van der Waals surface area contributed by atoms with E-state index in [9.17, 15) is 9.59 Å². The van der Waals surface area contributed by atoms with Crippen LogP contribution in [0.4, 0.5) is 0 Å². The molecule has 0 amide bonds. The van der Waals surface area contributed by atoms with E-state index >= 15 is 0 Å². The van der Waals surface area contributed by atoms with Gasteiger partial charge in [0.2, 0.25) is 0 Å². The summed E-state index contributed by atoms with van der Waals surface area (Å²) in [5.41, 5.74) is 1.94. The van der Waals surface area contributed by atoms with Crippen molar-refractivity contribution in [3.63, 3.8) is 0 Å². The van der Waals surface area contributed by atoms with Crippen LogP contribution in [0.2, 0.25) is 0 Å². The molecule has 0 unspecified atom stereocenters. The molecule has 0 saturated carbocycles. The van der Waals surface area contributed by atoms with Gasteiger partial charge in [0.05, 0.1) is 31.0 Å². The van der Waals surface area contributed by atoms with Crippen LogP contribution in [0.5, 0.6) is 0 Å². The first kappa shape index (κ1) is 12.0. The highest BCUT2D eigenvalue weighted by Gasteiger charge is 2.06. The number of methoxy groups -OCH3 is 1. The van der Waals surface area contributed by atoms with Gasteiger partial charge in [-0.1, -0.05) is 12.1 Å². The molecule has 5 heteroatoms. The van der Waals surface area contributed by atoms with Crippen molar-refractivity contribution in [3.05, 3.63) is 53.3 Å². The van der Waals surface area contributed by atoms with Crippen LogP contribution in [0.15, 0.2) is 36.7 Å². The van der Waals surface area contributed by atoms with Gasteiger partial charge in [-0.2, -0.15) is 5.10 Å². The van der Waals surface area contributed by atoms with Gasteiger partial charge < -0.3 is 4.74 Å². The molecule has 1 heterocycles. The SMILES string of the molecule is COC(=O)c1cccc(Cn2cc(C=O)cn2)c1. The van der Waals surface area contributed by atoms with E-state index in [0.29, 0.717) is 17.7 Å². The molecular weight excluding hydrogens is 232 g/mol. The normalized spacial score (nSPS) is 10.1. The lowest BCUT2D eigenvalue weighted by atomic mass is 10.1. The third-order valence-corrected chi connectivity index (χ3v) is 2.48. The molecule has 0 atom stereocenters. The van der Waals surface area contributed by atoms with Gasteiger partial charge in [0.1, 0.15) is 0 Å². The van der Waals surface area contributed by atoms with Crippen molar-refractivity contribution in [1.82, 2.24) is 9.78 Å². The zero-order valence-electron chi connectivity index (χ0n) is 9.87. The monoisotopic (exact) mass is 244 g/mol. The molecular formula is C13H12N2O3. The van der Waals surface area contributed by atoms with E-state index in [4.69, 9.17) is 0 Å². The molecule has 0 aliphatic rings. The van der Waals surface area contributed by atoms with Crippen molar-refractivity contribution in [2.24, 2.45) is 0 Å². The van der Waals surface area contributed by atoms with Crippen LogP contribution in [0.1, 0.15) is 26.3 Å². The summed E-state index contributed by atoms with van der Waals surface area (Å²) < 4.78 is 6.29. The van der Waals surface area contributed by atoms with Crippen LogP contribution in [0.25, 0.3) is 0 Å². The number of nitrogens with zero attached hydrogens (tertiary/aromatic N) is 2. The third-order valence-electron chi connectivity index (χ3n) is 2.48. The minimum absolute atomic E-state index is 0.370. The Labute approximate surface area is 104 Å². The first-order valence-electron chi connectivity index (χ1n) is 5.38. The summed E-state index contributed by atoms with van der Waals surface area (Å²) in [7, 11) is 1.35. The minimum Gasteiger partial charge on any atom is -0.465 e. The second-order valence-corrected chi connectivity index (χ2v) is 3.78. The second kappa shape index (κ2) is 5.27. The highest BCUT2D eigenvalue weighted by Crippen LogP contribution is 2.08. The number of carbonyl (C=O) groups is 2. The lowest BCUT2D eigenvalue weighted by Crippen LogP contribution is -2.04. The Kier molecular flexibility index (Phi) is 3.52. The van der Waals surface area contributed by atoms with Crippen LogP contribution in [-0.2, 0) is 11.3 Å². The van der Waals surface area contributed by atoms with Gasteiger partial charge in [0.25, 0.3) is 0 Å². The molecule has 0 bridgehead atoms. The fraction of sp³-hybridized carbons (Fsp3) is 0.154. The van der Waals surface area contributed by atoms with Gasteiger partial charge in [-0.25, -0.2) is 4.79 Å². The Hall–Kier alpha value is -2.43. The third kappa shape index (κ3) is 2.63. The highest BCUT2D eigenvalue weighted by molar-refractivity contribution is 5.89. The average Bonchev–Trinajstić information content (AvgIpc) is 2.86. The van der Waals surface area contributed by atoms with Crippen molar-refractivity contribution in [2.45, 2.75) is 6.54 Å². The summed E-state index contributed by atoms with van der Waals surface area (Å²) >= 11 is 0. The maximum atomic E-state index is 11.4. The van der Waals surface area contributed by atoms with E-state index in [1.165, 1.54) is 13.3 Å². The van der Waals surface area contributed by atoms with Gasteiger partial charge in [0.15, 0.2) is 6.29 Å². The Morgan fingerprint density at radius 3 is 3.00 bits per heavy atom. The molecule has 0 saturated heterocycles. The highest BCUT2D eigenvalue weighted by atomic mass is 16.5. The molecule has 0 N–H and O–H groups in total. The van der Waals surface area contributed by atoms with E-state index in [1.807, 2.05) is 6.07 Å². The first-order chi connectivity index (χ1) is 8.72. The number of aldehydes is 1. The zero-order valence-corrected chi connectivity index (χ0v) is 9.87. The molecule has 0 spiro atoms. The van der Waals surface area contributed by atoms with Crippen molar-refractivity contribution < 1.29 is 14.3 Å². The van der Waals surface area contributed by atoms with Gasteiger partial charge >= 0.3 is 5.97 Å². The standard InChI is InChI=1S/C13H12N2O3/c1-18-13(17)12-4-2-3-10(5-12)7-15-8-11(9-16)6-14-15/h2-6,8-9H,7H2,1H3. The smallest absolute Gasteiger partial charge is 0.337 e. The molecule has 0 aliphatic carbocycles. The van der Waals surface area contributed by atoms with Crippen molar-refractivity contribution >= 4 is 12.3 Å². The van der Waals surface area contributed by atoms with Crippen LogP contribution in [0.3, 0.4) is 0 Å². The lowest BCUT2D eigenvalue weighted by Gasteiger charge is -2.04. The Morgan fingerprint density at radius 2 is 2.33 bits per heavy atom. The predicted octanol–water partition coefficient (Wildman–Crippen LogP) is 1.53. The molecule has 18 heavy (non-hydrogen) atoms. The van der Waals surface area contributed by atoms with Crippen molar-refractivity contribution in [3.8, 4) is 0 Å². The van der Waals surface area contributed by atoms with Gasteiger partial charge in [-0.15, -0.1) is 0 Å². The van der Waals surface area contributed by atoms with Gasteiger partial charge in [-0.3, -0.25) is 9.48 Å². The fourth-order valence-electron chi connectivity index (χ4n) is 1.63. The Balaban J connectivity index is 2.18. The number of rotatable bonds is 4. The molecule has 5 nitrogen and oxygen atoms in total. The Bertz CT molecular complexity index is 575. The summed E-state index contributed by atoms with van der Waals surface area (Å²) in [5.74, 6) is -0.370. The second-order valence-electron chi connectivity index (χ2n) is 3.78. The quantitative estimate of drug-likeness (QED) is 0.604. The minimum atomic E-state index is -0.370. The summed E-state index contributed by atoms with van der Waals surface area (Å²) in [5, 5.41) is 4.05. The molecule has 0 fully saturated rings. The van der Waals surface area contributed by atoms with E-state index in [2.05, 4.69) is 9.84 Å². The van der Waals surface area contributed by atoms with Crippen molar-refractivity contribution in [2.75, 3.05) is 7.11 Å². The number of carbonyl (C=O) groups excluding carboxylic acids is 2. The number of ether oxygens (including phenoxy) is 1. The number of hydrogen-bond acceptors (Lipinski definition) is 4. The maximum absolute atomic E-state index is 11.4. The number of benzene rings is 1. The van der Waals surface area contributed by atoms with E-state index in [-0.39, 0.29) is 5.97 Å². The number of esters is 1. The maximum Gasteiger partial charge on any atom is 0.337 e.